The van der Waals surface area contributed by atoms with Crippen molar-refractivity contribution in [3.8, 4) is 0 Å². The van der Waals surface area contributed by atoms with Gasteiger partial charge in [-0.2, -0.15) is 5.10 Å². The number of sulfonamides is 1. The molecule has 0 radical (unpaired) electrons. The Morgan fingerprint density at radius 2 is 1.71 bits per heavy atom. The summed E-state index contributed by atoms with van der Waals surface area (Å²) in [6.45, 7) is 12.3. The lowest BCUT2D eigenvalue weighted by Gasteiger charge is -2.22. The first-order valence-electron chi connectivity index (χ1n) is 10.5. The van der Waals surface area contributed by atoms with Gasteiger partial charge in [0.1, 0.15) is 5.82 Å². The van der Waals surface area contributed by atoms with E-state index >= 15 is 0 Å². The van der Waals surface area contributed by atoms with Crippen LogP contribution in [0.4, 0.5) is 5.82 Å². The summed E-state index contributed by atoms with van der Waals surface area (Å²) in [5, 5.41) is 7.61. The maximum atomic E-state index is 12.5. The summed E-state index contributed by atoms with van der Waals surface area (Å²) in [6.07, 6.45) is 4.87. The van der Waals surface area contributed by atoms with E-state index in [0.717, 1.165) is 24.1 Å². The minimum Gasteiger partial charge on any atom is -0.307 e. The number of nitrogens with one attached hydrogen (secondary N) is 2. The predicted octanol–water partition coefficient (Wildman–Crippen LogP) is 4.03. The van der Waals surface area contributed by atoms with Crippen LogP contribution in [0.15, 0.2) is 41.3 Å². The molecular weight excluding hydrogens is 412 g/mol. The van der Waals surface area contributed by atoms with Crippen LogP contribution >= 0.6 is 0 Å². The molecule has 31 heavy (non-hydrogen) atoms. The SMILES string of the molecule is CC(C)(C)c1cc(NC(=O)/C=C/c2ccc(S(=O)(=O)NC3CC3)cc2)n(C(C)(C)C)n1. The lowest BCUT2D eigenvalue weighted by atomic mass is 9.92. The Labute approximate surface area is 185 Å². The fourth-order valence-corrected chi connectivity index (χ4v) is 4.24. The molecule has 0 atom stereocenters. The average Bonchev–Trinajstić information content (AvgIpc) is 3.32. The Bertz CT molecular complexity index is 1080. The highest BCUT2D eigenvalue weighted by Gasteiger charge is 2.28. The fourth-order valence-electron chi connectivity index (χ4n) is 2.93. The number of aromatic nitrogens is 2. The first-order valence-corrected chi connectivity index (χ1v) is 12.0. The third-order valence-corrected chi connectivity index (χ3v) is 6.42. The molecule has 0 saturated heterocycles. The molecule has 0 spiro atoms. The largest absolute Gasteiger partial charge is 0.307 e. The van der Waals surface area contributed by atoms with Crippen LogP contribution in [0.25, 0.3) is 6.08 Å². The van der Waals surface area contributed by atoms with Gasteiger partial charge in [-0.3, -0.25) is 4.79 Å². The topological polar surface area (TPSA) is 93.1 Å². The average molecular weight is 445 g/mol. The minimum atomic E-state index is -3.48. The number of hydrogen-bond acceptors (Lipinski definition) is 4. The van der Waals surface area contributed by atoms with Gasteiger partial charge in [0.05, 0.1) is 16.1 Å². The number of carbonyl (C=O) groups excluding carboxylic acids is 1. The van der Waals surface area contributed by atoms with Crippen molar-refractivity contribution in [1.29, 1.82) is 0 Å². The lowest BCUT2D eigenvalue weighted by Crippen LogP contribution is -2.27. The quantitative estimate of drug-likeness (QED) is 0.658. The zero-order chi connectivity index (χ0) is 23.0. The molecule has 1 heterocycles. The van der Waals surface area contributed by atoms with Crippen molar-refractivity contribution in [2.24, 2.45) is 0 Å². The summed E-state index contributed by atoms with van der Waals surface area (Å²) in [4.78, 5) is 12.8. The molecule has 2 N–H and O–H groups in total. The molecule has 2 aromatic rings. The van der Waals surface area contributed by atoms with Gasteiger partial charge in [-0.25, -0.2) is 17.8 Å². The highest BCUT2D eigenvalue weighted by molar-refractivity contribution is 7.89. The van der Waals surface area contributed by atoms with Crippen molar-refractivity contribution in [2.75, 3.05) is 5.32 Å². The molecule has 1 aromatic carbocycles. The van der Waals surface area contributed by atoms with E-state index in [2.05, 4.69) is 30.8 Å². The molecule has 1 fully saturated rings. The first-order chi connectivity index (χ1) is 14.3. The summed E-state index contributed by atoms with van der Waals surface area (Å²) in [7, 11) is -3.48. The summed E-state index contributed by atoms with van der Waals surface area (Å²) in [5.74, 6) is 0.359. The number of rotatable bonds is 6. The summed E-state index contributed by atoms with van der Waals surface area (Å²) in [6, 6.07) is 8.43. The van der Waals surface area contributed by atoms with Gasteiger partial charge in [0.25, 0.3) is 0 Å². The Morgan fingerprint density at radius 3 is 2.23 bits per heavy atom. The maximum absolute atomic E-state index is 12.5. The van der Waals surface area contributed by atoms with Crippen molar-refractivity contribution in [3.05, 3.63) is 47.7 Å². The molecule has 1 amide bonds. The van der Waals surface area contributed by atoms with Gasteiger partial charge in [0.2, 0.25) is 15.9 Å². The van der Waals surface area contributed by atoms with Crippen molar-refractivity contribution in [2.45, 2.75) is 76.3 Å². The number of benzene rings is 1. The van der Waals surface area contributed by atoms with Crippen molar-refractivity contribution < 1.29 is 13.2 Å². The van der Waals surface area contributed by atoms with Gasteiger partial charge >= 0.3 is 0 Å². The second kappa shape index (κ2) is 8.24. The Morgan fingerprint density at radius 1 is 1.10 bits per heavy atom. The zero-order valence-corrected chi connectivity index (χ0v) is 19.9. The van der Waals surface area contributed by atoms with E-state index in [0.29, 0.717) is 5.82 Å². The monoisotopic (exact) mass is 444 g/mol. The molecule has 1 aliphatic rings. The van der Waals surface area contributed by atoms with E-state index in [4.69, 9.17) is 5.10 Å². The first kappa shape index (κ1) is 23.2. The van der Waals surface area contributed by atoms with E-state index in [-0.39, 0.29) is 27.8 Å². The molecule has 8 heteroatoms. The number of nitrogens with zero attached hydrogens (tertiary/aromatic N) is 2. The van der Waals surface area contributed by atoms with E-state index in [1.807, 2.05) is 31.5 Å². The van der Waals surface area contributed by atoms with Crippen LogP contribution in [0.1, 0.15) is 65.6 Å². The normalized spacial score (nSPS) is 15.4. The number of anilines is 1. The molecule has 3 rings (SSSR count). The zero-order valence-electron chi connectivity index (χ0n) is 19.1. The van der Waals surface area contributed by atoms with Gasteiger partial charge < -0.3 is 5.32 Å². The number of amides is 1. The van der Waals surface area contributed by atoms with Gasteiger partial charge in [0, 0.05) is 23.6 Å². The van der Waals surface area contributed by atoms with Crippen LogP contribution in [-0.4, -0.2) is 30.1 Å². The minimum absolute atomic E-state index is 0.0635. The van der Waals surface area contributed by atoms with Crippen LogP contribution < -0.4 is 10.0 Å². The summed E-state index contributed by atoms with van der Waals surface area (Å²) < 4.78 is 29.0. The van der Waals surface area contributed by atoms with E-state index in [9.17, 15) is 13.2 Å². The third-order valence-electron chi connectivity index (χ3n) is 4.88. The molecule has 168 valence electrons. The fraction of sp³-hybridized carbons (Fsp3) is 0.478. The second-order valence-electron chi connectivity index (χ2n) is 10.0. The van der Waals surface area contributed by atoms with Crippen LogP contribution in [0.3, 0.4) is 0 Å². The Hall–Kier alpha value is -2.45. The third kappa shape index (κ3) is 6.04. The molecule has 1 aromatic heterocycles. The molecule has 0 aliphatic heterocycles. The van der Waals surface area contributed by atoms with Gasteiger partial charge in [0.15, 0.2) is 0 Å². The molecular formula is C23H32N4O3S. The Balaban J connectivity index is 1.71. The van der Waals surface area contributed by atoms with Gasteiger partial charge in [-0.1, -0.05) is 32.9 Å². The number of carbonyl (C=O) groups is 1. The van der Waals surface area contributed by atoms with E-state index in [1.165, 1.54) is 6.08 Å². The molecule has 0 unspecified atom stereocenters. The molecule has 1 saturated carbocycles. The van der Waals surface area contributed by atoms with Crippen molar-refractivity contribution >= 4 is 27.8 Å². The van der Waals surface area contributed by atoms with E-state index < -0.39 is 10.0 Å². The van der Waals surface area contributed by atoms with Crippen molar-refractivity contribution in [1.82, 2.24) is 14.5 Å². The Kier molecular flexibility index (Phi) is 6.17. The van der Waals surface area contributed by atoms with Crippen LogP contribution in [-0.2, 0) is 25.8 Å². The van der Waals surface area contributed by atoms with Gasteiger partial charge in [-0.05, 0) is 57.4 Å². The van der Waals surface area contributed by atoms with Crippen molar-refractivity contribution in [3.63, 3.8) is 0 Å². The van der Waals surface area contributed by atoms with Gasteiger partial charge in [-0.15, -0.1) is 0 Å². The lowest BCUT2D eigenvalue weighted by molar-refractivity contribution is -0.111. The summed E-state index contributed by atoms with van der Waals surface area (Å²) in [5.41, 5.74) is 1.21. The van der Waals surface area contributed by atoms with Crippen LogP contribution in [0.2, 0.25) is 0 Å². The maximum Gasteiger partial charge on any atom is 0.249 e. The molecule has 7 nitrogen and oxygen atoms in total. The molecule has 1 aliphatic carbocycles. The standard InChI is InChI=1S/C23H32N4O3S/c1-22(2,3)19-15-20(27(25-19)23(4,5)6)24-21(28)14-9-16-7-12-18(13-8-16)31(29,30)26-17-10-11-17/h7-9,12-15,17,26H,10-11H2,1-6H3,(H,24,28)/b14-9+. The second-order valence-corrected chi connectivity index (χ2v) is 11.7. The highest BCUT2D eigenvalue weighted by Crippen LogP contribution is 2.28. The highest BCUT2D eigenvalue weighted by atomic mass is 32.2. The molecule has 0 bridgehead atoms. The van der Waals surface area contributed by atoms with E-state index in [1.54, 1.807) is 30.3 Å². The predicted molar refractivity (Wildman–Crippen MR) is 123 cm³/mol. The van der Waals surface area contributed by atoms with Crippen LogP contribution in [0, 0.1) is 0 Å². The van der Waals surface area contributed by atoms with Crippen LogP contribution in [0.5, 0.6) is 0 Å². The summed E-state index contributed by atoms with van der Waals surface area (Å²) >= 11 is 0. The smallest absolute Gasteiger partial charge is 0.249 e. The number of hydrogen-bond donors (Lipinski definition) is 2.